The van der Waals surface area contributed by atoms with Crippen LogP contribution in [0.5, 0.6) is 0 Å². The third-order valence-corrected chi connectivity index (χ3v) is 4.11. The zero-order valence-electron chi connectivity index (χ0n) is 9.82. The van der Waals surface area contributed by atoms with Crippen molar-refractivity contribution in [1.29, 1.82) is 0 Å². The van der Waals surface area contributed by atoms with E-state index in [0.29, 0.717) is 11.8 Å². The van der Waals surface area contributed by atoms with E-state index in [-0.39, 0.29) is 12.0 Å². The van der Waals surface area contributed by atoms with Gasteiger partial charge in [-0.25, -0.2) is 0 Å². The summed E-state index contributed by atoms with van der Waals surface area (Å²) >= 11 is 0. The van der Waals surface area contributed by atoms with E-state index in [1.54, 1.807) is 7.11 Å². The van der Waals surface area contributed by atoms with Crippen LogP contribution in [0.1, 0.15) is 25.7 Å². The summed E-state index contributed by atoms with van der Waals surface area (Å²) in [5.74, 6) is 0.244. The summed E-state index contributed by atoms with van der Waals surface area (Å²) in [6, 6.07) is 0.202. The number of carbonyl (C=O) groups is 1. The Labute approximate surface area is 96.4 Å². The number of ether oxygens (including phenoxy) is 1. The van der Waals surface area contributed by atoms with Gasteiger partial charge in [0.05, 0.1) is 5.92 Å². The monoisotopic (exact) mass is 227 g/mol. The smallest absolute Gasteiger partial charge is 0.308 e. The molecule has 2 N–H and O–H groups in total. The number of carboxylic acid groups (broad SMARTS) is 1. The van der Waals surface area contributed by atoms with Gasteiger partial charge in [-0.05, 0) is 44.1 Å². The summed E-state index contributed by atoms with van der Waals surface area (Å²) in [6.07, 6.45) is 4.38. The zero-order valence-corrected chi connectivity index (χ0v) is 9.82. The Balaban J connectivity index is 1.84. The molecule has 0 spiro atoms. The summed E-state index contributed by atoms with van der Waals surface area (Å²) in [4.78, 5) is 11.2. The Morgan fingerprint density at radius 1 is 1.44 bits per heavy atom. The Morgan fingerprint density at radius 2 is 2.19 bits per heavy atom. The maximum Gasteiger partial charge on any atom is 0.308 e. The van der Waals surface area contributed by atoms with Gasteiger partial charge in [0.2, 0.25) is 0 Å². The van der Waals surface area contributed by atoms with E-state index in [4.69, 9.17) is 4.74 Å². The Hall–Kier alpha value is -0.610. The molecule has 0 saturated heterocycles. The minimum atomic E-state index is -0.614. The van der Waals surface area contributed by atoms with E-state index in [1.807, 2.05) is 0 Å². The number of rotatable bonds is 6. The van der Waals surface area contributed by atoms with Crippen LogP contribution in [0.2, 0.25) is 0 Å². The van der Waals surface area contributed by atoms with Crippen LogP contribution in [0.25, 0.3) is 0 Å². The van der Waals surface area contributed by atoms with E-state index in [9.17, 15) is 9.90 Å². The third kappa shape index (κ3) is 2.23. The molecule has 2 fully saturated rings. The molecule has 2 bridgehead atoms. The van der Waals surface area contributed by atoms with Gasteiger partial charge in [0, 0.05) is 19.8 Å². The van der Waals surface area contributed by atoms with Gasteiger partial charge in [-0.3, -0.25) is 4.79 Å². The lowest BCUT2D eigenvalue weighted by molar-refractivity contribution is -0.144. The minimum Gasteiger partial charge on any atom is -0.481 e. The fourth-order valence-corrected chi connectivity index (χ4v) is 3.43. The van der Waals surface area contributed by atoms with E-state index < -0.39 is 5.97 Å². The molecule has 0 aromatic heterocycles. The molecular weight excluding hydrogens is 206 g/mol. The molecule has 92 valence electrons. The highest BCUT2D eigenvalue weighted by atomic mass is 16.5. The summed E-state index contributed by atoms with van der Waals surface area (Å²) in [6.45, 7) is 1.61. The zero-order chi connectivity index (χ0) is 11.5. The predicted molar refractivity (Wildman–Crippen MR) is 60.2 cm³/mol. The van der Waals surface area contributed by atoms with Crippen molar-refractivity contribution in [2.75, 3.05) is 20.3 Å². The highest BCUT2D eigenvalue weighted by molar-refractivity contribution is 5.72. The van der Waals surface area contributed by atoms with Crippen molar-refractivity contribution in [1.82, 2.24) is 5.32 Å². The number of aliphatic carboxylic acids is 1. The highest BCUT2D eigenvalue weighted by Crippen LogP contribution is 2.48. The first-order chi connectivity index (χ1) is 7.74. The van der Waals surface area contributed by atoms with Crippen molar-refractivity contribution in [3.63, 3.8) is 0 Å². The molecule has 2 aliphatic rings. The van der Waals surface area contributed by atoms with Gasteiger partial charge in [0.1, 0.15) is 0 Å². The van der Waals surface area contributed by atoms with Crippen LogP contribution in [0, 0.1) is 17.8 Å². The van der Waals surface area contributed by atoms with Crippen molar-refractivity contribution in [2.45, 2.75) is 31.7 Å². The summed E-state index contributed by atoms with van der Waals surface area (Å²) < 4.78 is 4.99. The van der Waals surface area contributed by atoms with E-state index in [1.165, 1.54) is 6.42 Å². The maximum atomic E-state index is 11.2. The molecule has 2 saturated carbocycles. The second-order valence-corrected chi connectivity index (χ2v) is 5.02. The molecule has 4 heteroatoms. The molecule has 0 aromatic rings. The summed E-state index contributed by atoms with van der Waals surface area (Å²) in [5, 5.41) is 12.7. The fourth-order valence-electron chi connectivity index (χ4n) is 3.43. The first-order valence-corrected chi connectivity index (χ1v) is 6.19. The van der Waals surface area contributed by atoms with Crippen molar-refractivity contribution in [3.8, 4) is 0 Å². The average molecular weight is 227 g/mol. The van der Waals surface area contributed by atoms with Crippen LogP contribution in [-0.4, -0.2) is 37.4 Å². The third-order valence-electron chi connectivity index (χ3n) is 4.11. The minimum absolute atomic E-state index is 0.152. The standard InChI is InChI=1S/C12H21NO3/c1-16-6-2-5-13-11-9-4-3-8(7-9)10(11)12(14)15/h8-11,13H,2-7H2,1H3,(H,14,15). The Morgan fingerprint density at radius 3 is 2.88 bits per heavy atom. The lowest BCUT2D eigenvalue weighted by Crippen LogP contribution is -2.44. The number of carboxylic acids is 1. The number of hydrogen-bond donors (Lipinski definition) is 2. The summed E-state index contributed by atoms with van der Waals surface area (Å²) in [7, 11) is 1.69. The quantitative estimate of drug-likeness (QED) is 0.667. The SMILES string of the molecule is COCCCNC1C2CCC(C2)C1C(=O)O. The van der Waals surface area contributed by atoms with Gasteiger partial charge in [-0.1, -0.05) is 0 Å². The van der Waals surface area contributed by atoms with E-state index in [2.05, 4.69) is 5.32 Å². The largest absolute Gasteiger partial charge is 0.481 e. The van der Waals surface area contributed by atoms with Gasteiger partial charge in [-0.15, -0.1) is 0 Å². The number of methoxy groups -OCH3 is 1. The van der Waals surface area contributed by atoms with Crippen molar-refractivity contribution in [2.24, 2.45) is 17.8 Å². The average Bonchev–Trinajstić information content (AvgIpc) is 2.83. The van der Waals surface area contributed by atoms with Crippen molar-refractivity contribution >= 4 is 5.97 Å². The van der Waals surface area contributed by atoms with Crippen LogP contribution in [0.4, 0.5) is 0 Å². The second-order valence-electron chi connectivity index (χ2n) is 5.02. The molecule has 0 aliphatic heterocycles. The molecule has 4 nitrogen and oxygen atoms in total. The lowest BCUT2D eigenvalue weighted by atomic mass is 9.84. The number of hydrogen-bond acceptors (Lipinski definition) is 3. The second kappa shape index (κ2) is 5.15. The maximum absolute atomic E-state index is 11.2. The normalized spacial score (nSPS) is 36.8. The van der Waals surface area contributed by atoms with Crippen molar-refractivity contribution < 1.29 is 14.6 Å². The van der Waals surface area contributed by atoms with Gasteiger partial charge < -0.3 is 15.2 Å². The molecule has 0 amide bonds. The first kappa shape index (κ1) is 11.9. The predicted octanol–water partition coefficient (Wildman–Crippen LogP) is 1.11. The van der Waals surface area contributed by atoms with Gasteiger partial charge in [0.15, 0.2) is 0 Å². The highest BCUT2D eigenvalue weighted by Gasteiger charge is 2.50. The first-order valence-electron chi connectivity index (χ1n) is 6.19. The van der Waals surface area contributed by atoms with Crippen LogP contribution in [-0.2, 0) is 9.53 Å². The van der Waals surface area contributed by atoms with Gasteiger partial charge >= 0.3 is 5.97 Å². The number of nitrogens with one attached hydrogen (secondary N) is 1. The Bertz CT molecular complexity index is 257. The molecule has 0 radical (unpaired) electrons. The molecular formula is C12H21NO3. The van der Waals surface area contributed by atoms with Gasteiger partial charge in [-0.2, -0.15) is 0 Å². The van der Waals surface area contributed by atoms with Crippen LogP contribution < -0.4 is 5.32 Å². The van der Waals surface area contributed by atoms with Crippen molar-refractivity contribution in [3.05, 3.63) is 0 Å². The molecule has 0 aromatic carbocycles. The van der Waals surface area contributed by atoms with Crippen LogP contribution >= 0.6 is 0 Å². The van der Waals surface area contributed by atoms with Crippen LogP contribution in [0.3, 0.4) is 0 Å². The fraction of sp³-hybridized carbons (Fsp3) is 0.917. The Kier molecular flexibility index (Phi) is 3.82. The lowest BCUT2D eigenvalue weighted by Gasteiger charge is -2.29. The van der Waals surface area contributed by atoms with E-state index >= 15 is 0 Å². The van der Waals surface area contributed by atoms with E-state index in [0.717, 1.165) is 32.4 Å². The molecule has 16 heavy (non-hydrogen) atoms. The van der Waals surface area contributed by atoms with Gasteiger partial charge in [0.25, 0.3) is 0 Å². The molecule has 4 atom stereocenters. The molecule has 2 aliphatic carbocycles. The number of fused-ring (bicyclic) bond motifs is 2. The topological polar surface area (TPSA) is 58.6 Å². The molecule has 4 unspecified atom stereocenters. The molecule has 2 rings (SSSR count). The summed E-state index contributed by atoms with van der Waals surface area (Å²) in [5.41, 5.74) is 0. The van der Waals surface area contributed by atoms with Crippen LogP contribution in [0.15, 0.2) is 0 Å². The molecule has 0 heterocycles.